The average molecular weight is 270 g/mol. The van der Waals surface area contributed by atoms with E-state index in [1.54, 1.807) is 0 Å². The molecule has 0 bridgehead atoms. The number of oxazole rings is 1. The number of rotatable bonds is 3. The lowest BCUT2D eigenvalue weighted by molar-refractivity contribution is 0.349. The number of hydrogen-bond donors (Lipinski definition) is 1. The first-order chi connectivity index (χ1) is 9.79. The van der Waals surface area contributed by atoms with Crippen molar-refractivity contribution in [2.45, 2.75) is 57.4 Å². The molecule has 2 aliphatic rings. The monoisotopic (exact) mass is 270 g/mol. The Morgan fingerprint density at radius 3 is 2.80 bits per heavy atom. The fraction of sp³-hybridized carbons (Fsp3) is 0.588. The van der Waals surface area contributed by atoms with E-state index in [2.05, 4.69) is 35.4 Å². The highest BCUT2D eigenvalue weighted by Gasteiger charge is 2.29. The predicted octanol–water partition coefficient (Wildman–Crippen LogP) is 4.70. The Bertz CT molecular complexity index is 614. The Morgan fingerprint density at radius 1 is 1.15 bits per heavy atom. The fourth-order valence-electron chi connectivity index (χ4n) is 3.28. The Labute approximate surface area is 119 Å². The Hall–Kier alpha value is -1.51. The predicted molar refractivity (Wildman–Crippen MR) is 81.0 cm³/mol. The second-order valence-electron chi connectivity index (χ2n) is 6.52. The smallest absolute Gasteiger partial charge is 0.198 e. The van der Waals surface area contributed by atoms with E-state index in [1.165, 1.54) is 44.2 Å². The van der Waals surface area contributed by atoms with E-state index in [4.69, 9.17) is 4.42 Å². The molecule has 2 saturated carbocycles. The second kappa shape index (κ2) is 4.80. The minimum absolute atomic E-state index is 0.581. The van der Waals surface area contributed by atoms with Gasteiger partial charge in [-0.15, -0.1) is 0 Å². The van der Waals surface area contributed by atoms with Crippen LogP contribution < -0.4 is 5.32 Å². The van der Waals surface area contributed by atoms with Crippen LogP contribution in [-0.2, 0) is 0 Å². The molecule has 2 aliphatic carbocycles. The van der Waals surface area contributed by atoms with Crippen LogP contribution in [-0.4, -0.2) is 11.0 Å². The van der Waals surface area contributed by atoms with E-state index in [0.717, 1.165) is 22.9 Å². The normalized spacial score (nSPS) is 26.9. The van der Waals surface area contributed by atoms with Crippen LogP contribution in [0.25, 0.3) is 11.1 Å². The third-order valence-corrected chi connectivity index (χ3v) is 4.79. The van der Waals surface area contributed by atoms with Crippen LogP contribution in [0.4, 0.5) is 5.69 Å². The van der Waals surface area contributed by atoms with Gasteiger partial charge in [0.15, 0.2) is 11.5 Å². The van der Waals surface area contributed by atoms with Crippen LogP contribution in [0.3, 0.4) is 0 Å². The lowest BCUT2D eigenvalue weighted by Crippen LogP contribution is -2.30. The summed E-state index contributed by atoms with van der Waals surface area (Å²) in [6.07, 6.45) is 7.82. The first-order valence-electron chi connectivity index (χ1n) is 7.96. The summed E-state index contributed by atoms with van der Waals surface area (Å²) < 4.78 is 5.82. The van der Waals surface area contributed by atoms with Crippen LogP contribution in [0, 0.1) is 5.92 Å². The summed E-state index contributed by atoms with van der Waals surface area (Å²) in [5.74, 6) is 2.28. The summed E-state index contributed by atoms with van der Waals surface area (Å²) >= 11 is 0. The molecule has 2 fully saturated rings. The second-order valence-corrected chi connectivity index (χ2v) is 6.52. The Balaban J connectivity index is 1.56. The number of hydrogen-bond acceptors (Lipinski definition) is 3. The van der Waals surface area contributed by atoms with Gasteiger partial charge in [-0.1, -0.05) is 19.8 Å². The molecule has 1 heterocycles. The molecule has 3 heteroatoms. The zero-order valence-corrected chi connectivity index (χ0v) is 12.1. The third-order valence-electron chi connectivity index (χ3n) is 4.79. The number of fused-ring (bicyclic) bond motifs is 1. The van der Waals surface area contributed by atoms with Gasteiger partial charge in [-0.2, -0.15) is 0 Å². The van der Waals surface area contributed by atoms with E-state index in [9.17, 15) is 0 Å². The number of nitrogens with one attached hydrogen (secondary N) is 1. The van der Waals surface area contributed by atoms with Crippen molar-refractivity contribution >= 4 is 16.8 Å². The maximum Gasteiger partial charge on any atom is 0.198 e. The largest absolute Gasteiger partial charge is 0.440 e. The molecule has 2 atom stereocenters. The average Bonchev–Trinajstić information content (AvgIpc) is 3.21. The minimum Gasteiger partial charge on any atom is -0.440 e. The molecule has 2 unspecified atom stereocenters. The molecule has 0 spiro atoms. The van der Waals surface area contributed by atoms with Gasteiger partial charge in [-0.05, 0) is 49.8 Å². The lowest BCUT2D eigenvalue weighted by Gasteiger charge is -2.30. The molecular weight excluding hydrogens is 248 g/mol. The molecule has 20 heavy (non-hydrogen) atoms. The van der Waals surface area contributed by atoms with Gasteiger partial charge in [0.2, 0.25) is 0 Å². The molecule has 1 N–H and O–H groups in total. The molecule has 0 saturated heterocycles. The number of anilines is 1. The first-order valence-corrected chi connectivity index (χ1v) is 7.96. The number of aromatic nitrogens is 1. The lowest BCUT2D eigenvalue weighted by atomic mass is 9.86. The van der Waals surface area contributed by atoms with Crippen molar-refractivity contribution in [1.82, 2.24) is 4.98 Å². The zero-order chi connectivity index (χ0) is 13.5. The van der Waals surface area contributed by atoms with Crippen molar-refractivity contribution < 1.29 is 4.42 Å². The van der Waals surface area contributed by atoms with Crippen LogP contribution in [0.1, 0.15) is 57.3 Å². The van der Waals surface area contributed by atoms with Crippen molar-refractivity contribution in [3.63, 3.8) is 0 Å². The molecule has 106 valence electrons. The van der Waals surface area contributed by atoms with Gasteiger partial charge in [0.1, 0.15) is 5.52 Å². The third kappa shape index (κ3) is 2.30. The topological polar surface area (TPSA) is 38.1 Å². The highest BCUT2D eigenvalue weighted by Crippen LogP contribution is 2.40. The van der Waals surface area contributed by atoms with Gasteiger partial charge in [0, 0.05) is 17.6 Å². The zero-order valence-electron chi connectivity index (χ0n) is 12.1. The molecule has 0 aliphatic heterocycles. The van der Waals surface area contributed by atoms with Gasteiger partial charge in [0.05, 0.1) is 0 Å². The van der Waals surface area contributed by atoms with Crippen LogP contribution in [0.5, 0.6) is 0 Å². The van der Waals surface area contributed by atoms with Crippen molar-refractivity contribution in [1.29, 1.82) is 0 Å². The molecule has 1 aromatic heterocycles. The van der Waals surface area contributed by atoms with Gasteiger partial charge in [-0.25, -0.2) is 4.98 Å². The highest BCUT2D eigenvalue weighted by atomic mass is 16.3. The molecule has 0 radical (unpaired) electrons. The summed E-state index contributed by atoms with van der Waals surface area (Å²) in [6.45, 7) is 2.36. The molecular formula is C17H22N2O. The standard InChI is InChI=1S/C17H22N2O/c1-11-4-2-3-5-14(11)18-13-8-9-16-15(10-13)19-17(20-16)12-6-7-12/h8-12,14,18H,2-7H2,1H3. The highest BCUT2D eigenvalue weighted by molar-refractivity contribution is 5.77. The van der Waals surface area contributed by atoms with Crippen molar-refractivity contribution in [2.75, 3.05) is 5.32 Å². The Morgan fingerprint density at radius 2 is 2.00 bits per heavy atom. The molecule has 3 nitrogen and oxygen atoms in total. The quantitative estimate of drug-likeness (QED) is 0.878. The molecule has 4 rings (SSSR count). The summed E-state index contributed by atoms with van der Waals surface area (Å²) in [6, 6.07) is 6.94. The molecule has 0 amide bonds. The van der Waals surface area contributed by atoms with Crippen molar-refractivity contribution in [3.05, 3.63) is 24.1 Å². The molecule has 1 aromatic carbocycles. The summed E-state index contributed by atoms with van der Waals surface area (Å²) in [5, 5.41) is 3.70. The van der Waals surface area contributed by atoms with E-state index in [0.29, 0.717) is 12.0 Å². The van der Waals surface area contributed by atoms with E-state index in [1.807, 2.05) is 0 Å². The van der Waals surface area contributed by atoms with E-state index < -0.39 is 0 Å². The van der Waals surface area contributed by atoms with Gasteiger partial charge >= 0.3 is 0 Å². The van der Waals surface area contributed by atoms with Gasteiger partial charge in [0.25, 0.3) is 0 Å². The summed E-state index contributed by atoms with van der Waals surface area (Å²) in [5.41, 5.74) is 3.11. The van der Waals surface area contributed by atoms with Crippen LogP contribution in [0.2, 0.25) is 0 Å². The number of nitrogens with zero attached hydrogens (tertiary/aromatic N) is 1. The van der Waals surface area contributed by atoms with Crippen molar-refractivity contribution in [3.8, 4) is 0 Å². The maximum absolute atomic E-state index is 5.82. The maximum atomic E-state index is 5.82. The van der Waals surface area contributed by atoms with Crippen LogP contribution in [0.15, 0.2) is 22.6 Å². The SMILES string of the molecule is CC1CCCCC1Nc1ccc2oc(C3CC3)nc2c1. The van der Waals surface area contributed by atoms with Gasteiger partial charge < -0.3 is 9.73 Å². The summed E-state index contributed by atoms with van der Waals surface area (Å²) in [4.78, 5) is 4.64. The van der Waals surface area contributed by atoms with E-state index in [-0.39, 0.29) is 0 Å². The Kier molecular flexibility index (Phi) is 2.94. The van der Waals surface area contributed by atoms with Crippen LogP contribution >= 0.6 is 0 Å². The number of benzene rings is 1. The van der Waals surface area contributed by atoms with Crippen molar-refractivity contribution in [2.24, 2.45) is 5.92 Å². The minimum atomic E-state index is 0.581. The molecule has 2 aromatic rings. The van der Waals surface area contributed by atoms with Gasteiger partial charge in [-0.3, -0.25) is 0 Å². The van der Waals surface area contributed by atoms with E-state index >= 15 is 0 Å². The fourth-order valence-corrected chi connectivity index (χ4v) is 3.28. The summed E-state index contributed by atoms with van der Waals surface area (Å²) in [7, 11) is 0. The first kappa shape index (κ1) is 12.2.